The summed E-state index contributed by atoms with van der Waals surface area (Å²) in [5, 5.41) is 10.1. The van der Waals surface area contributed by atoms with Gasteiger partial charge in [0.25, 0.3) is 0 Å². The van der Waals surface area contributed by atoms with E-state index >= 15 is 0 Å². The molecular formula is C21H14BrF3N2O3S. The van der Waals surface area contributed by atoms with Gasteiger partial charge < -0.3 is 9.84 Å². The van der Waals surface area contributed by atoms with Gasteiger partial charge in [0, 0.05) is 16.1 Å². The van der Waals surface area contributed by atoms with Crippen molar-refractivity contribution >= 4 is 44.3 Å². The highest BCUT2D eigenvalue weighted by atomic mass is 79.9. The maximum Gasteiger partial charge on any atom is 0.416 e. The molecule has 2 heterocycles. The van der Waals surface area contributed by atoms with Crippen molar-refractivity contribution in [1.82, 2.24) is 9.55 Å². The molecule has 31 heavy (non-hydrogen) atoms. The zero-order valence-corrected chi connectivity index (χ0v) is 18.3. The van der Waals surface area contributed by atoms with Crippen LogP contribution in [0.1, 0.15) is 33.8 Å². The van der Waals surface area contributed by atoms with E-state index in [4.69, 9.17) is 4.74 Å². The Bertz CT molecular complexity index is 1280. The molecule has 4 aromatic rings. The Morgan fingerprint density at radius 2 is 1.97 bits per heavy atom. The van der Waals surface area contributed by atoms with Gasteiger partial charge in [-0.25, -0.2) is 9.78 Å². The number of imidazole rings is 1. The van der Waals surface area contributed by atoms with Crippen LogP contribution in [0.3, 0.4) is 0 Å². The van der Waals surface area contributed by atoms with Gasteiger partial charge in [0.15, 0.2) is 4.88 Å². The number of aromatic nitrogens is 2. The molecule has 4 rings (SSSR count). The lowest BCUT2D eigenvalue weighted by Gasteiger charge is -2.19. The molecule has 1 N–H and O–H groups in total. The van der Waals surface area contributed by atoms with Gasteiger partial charge in [-0.3, -0.25) is 4.57 Å². The molecule has 2 aromatic heterocycles. The molecule has 0 radical (unpaired) electrons. The first-order chi connectivity index (χ1) is 14.6. The zero-order chi connectivity index (χ0) is 22.3. The van der Waals surface area contributed by atoms with E-state index < -0.39 is 23.8 Å². The van der Waals surface area contributed by atoms with E-state index in [0.29, 0.717) is 10.5 Å². The van der Waals surface area contributed by atoms with Crippen LogP contribution in [0.15, 0.2) is 59.3 Å². The highest BCUT2D eigenvalue weighted by molar-refractivity contribution is 9.10. The number of aromatic carboxylic acids is 1. The lowest BCUT2D eigenvalue weighted by atomic mass is 10.0. The van der Waals surface area contributed by atoms with Crippen molar-refractivity contribution < 1.29 is 27.8 Å². The Kier molecular flexibility index (Phi) is 5.52. The number of carboxylic acid groups (broad SMARTS) is 1. The van der Waals surface area contributed by atoms with Crippen molar-refractivity contribution in [3.63, 3.8) is 0 Å². The summed E-state index contributed by atoms with van der Waals surface area (Å²) in [6.07, 6.45) is -4.01. The fourth-order valence-corrected chi connectivity index (χ4v) is 4.50. The maximum absolute atomic E-state index is 13.4. The van der Waals surface area contributed by atoms with Gasteiger partial charge in [0.1, 0.15) is 23.2 Å². The summed E-state index contributed by atoms with van der Waals surface area (Å²) < 4.78 is 48.4. The second-order valence-electron chi connectivity index (χ2n) is 6.68. The van der Waals surface area contributed by atoms with Crippen LogP contribution in [0.5, 0.6) is 5.75 Å². The predicted molar refractivity (Wildman–Crippen MR) is 114 cm³/mol. The number of ether oxygens (including phenoxy) is 1. The third kappa shape index (κ3) is 4.17. The molecule has 10 heteroatoms. The second kappa shape index (κ2) is 8.01. The number of halogens is 4. The number of carboxylic acids is 1. The third-order valence-corrected chi connectivity index (χ3v) is 6.23. The Balaban J connectivity index is 1.74. The summed E-state index contributed by atoms with van der Waals surface area (Å²) in [5.41, 5.74) is 0.564. The highest BCUT2D eigenvalue weighted by Gasteiger charge is 2.35. The monoisotopic (exact) mass is 510 g/mol. The number of carbonyl (C=O) groups is 1. The van der Waals surface area contributed by atoms with E-state index in [9.17, 15) is 23.1 Å². The molecule has 2 aromatic carbocycles. The second-order valence-corrected chi connectivity index (χ2v) is 8.62. The van der Waals surface area contributed by atoms with Crippen molar-refractivity contribution in [2.45, 2.75) is 19.2 Å². The molecule has 0 saturated heterocycles. The molecule has 1 atom stereocenters. The minimum atomic E-state index is -4.55. The van der Waals surface area contributed by atoms with E-state index in [0.717, 1.165) is 27.4 Å². The first kappa shape index (κ1) is 21.4. The predicted octanol–water partition coefficient (Wildman–Crippen LogP) is 6.71. The normalized spacial score (nSPS) is 12.8. The van der Waals surface area contributed by atoms with Crippen molar-refractivity contribution in [1.29, 1.82) is 0 Å². The average Bonchev–Trinajstić information content (AvgIpc) is 3.31. The largest absolute Gasteiger partial charge is 0.484 e. The van der Waals surface area contributed by atoms with E-state index in [1.54, 1.807) is 10.9 Å². The van der Waals surface area contributed by atoms with Gasteiger partial charge in [0.2, 0.25) is 0 Å². The van der Waals surface area contributed by atoms with E-state index in [1.165, 1.54) is 31.2 Å². The molecule has 0 amide bonds. The van der Waals surface area contributed by atoms with Gasteiger partial charge in [-0.2, -0.15) is 13.2 Å². The summed E-state index contributed by atoms with van der Waals surface area (Å²) in [5.74, 6) is -1.23. The van der Waals surface area contributed by atoms with Gasteiger partial charge >= 0.3 is 12.1 Å². The van der Waals surface area contributed by atoms with Crippen molar-refractivity contribution in [3.05, 3.63) is 75.3 Å². The van der Waals surface area contributed by atoms with Crippen LogP contribution in [0, 0.1) is 0 Å². The lowest BCUT2D eigenvalue weighted by molar-refractivity contribution is -0.139. The van der Waals surface area contributed by atoms with Crippen LogP contribution in [0.4, 0.5) is 13.2 Å². The molecular weight excluding hydrogens is 497 g/mol. The van der Waals surface area contributed by atoms with E-state index in [-0.39, 0.29) is 16.2 Å². The quantitative estimate of drug-likeness (QED) is 0.324. The Hall–Kier alpha value is -2.85. The summed E-state index contributed by atoms with van der Waals surface area (Å²) in [4.78, 5) is 16.0. The van der Waals surface area contributed by atoms with E-state index in [2.05, 4.69) is 20.9 Å². The fourth-order valence-electron chi connectivity index (χ4n) is 3.24. The maximum atomic E-state index is 13.4. The molecule has 0 spiro atoms. The van der Waals surface area contributed by atoms with Crippen LogP contribution in [0.2, 0.25) is 0 Å². The van der Waals surface area contributed by atoms with Gasteiger partial charge in [-0.15, -0.1) is 11.3 Å². The first-order valence-electron chi connectivity index (χ1n) is 8.98. The number of nitrogens with zero attached hydrogens (tertiary/aromatic N) is 2. The molecule has 0 aliphatic carbocycles. The number of hydrogen-bond acceptors (Lipinski definition) is 4. The van der Waals surface area contributed by atoms with Gasteiger partial charge in [-0.1, -0.05) is 34.1 Å². The lowest BCUT2D eigenvalue weighted by Crippen LogP contribution is -2.14. The molecule has 160 valence electrons. The molecule has 0 saturated carbocycles. The highest BCUT2D eigenvalue weighted by Crippen LogP contribution is 2.39. The van der Waals surface area contributed by atoms with Gasteiger partial charge in [-0.05, 0) is 31.2 Å². The molecule has 0 unspecified atom stereocenters. The number of benzene rings is 2. The third-order valence-electron chi connectivity index (χ3n) is 4.63. The zero-order valence-electron chi connectivity index (χ0n) is 15.9. The number of hydrogen-bond donors (Lipinski definition) is 1. The van der Waals surface area contributed by atoms with Gasteiger partial charge in [0.05, 0.1) is 16.6 Å². The molecule has 0 aliphatic rings. The van der Waals surface area contributed by atoms with E-state index in [1.807, 2.05) is 18.2 Å². The average molecular weight is 511 g/mol. The number of rotatable bonds is 5. The molecule has 0 fully saturated rings. The number of thiophene rings is 1. The standard InChI is InChI=1S/C21H14BrF3N2O3S/c1-11(13-4-2-3-5-14(13)21(23,24)25)30-17-9-18(31-19(17)20(28)29)27-10-26-15-7-6-12(22)8-16(15)27/h2-11H,1H3,(H,28,29)/t11-/m1/s1. The molecule has 0 aliphatic heterocycles. The fraction of sp³-hybridized carbons (Fsp3) is 0.143. The SMILES string of the molecule is C[C@@H](Oc1cc(-n2cnc3ccc(Br)cc32)sc1C(=O)O)c1ccccc1C(F)(F)F. The summed E-state index contributed by atoms with van der Waals surface area (Å²) in [6.45, 7) is 1.46. The topological polar surface area (TPSA) is 64.4 Å². The van der Waals surface area contributed by atoms with Crippen LogP contribution in [0.25, 0.3) is 16.0 Å². The first-order valence-corrected chi connectivity index (χ1v) is 10.6. The number of fused-ring (bicyclic) bond motifs is 1. The van der Waals surface area contributed by atoms with Crippen LogP contribution in [-0.2, 0) is 6.18 Å². The van der Waals surface area contributed by atoms with Crippen molar-refractivity contribution in [2.75, 3.05) is 0 Å². The Labute approximate surface area is 186 Å². The van der Waals surface area contributed by atoms with Crippen molar-refractivity contribution in [3.8, 4) is 10.8 Å². The van der Waals surface area contributed by atoms with Crippen LogP contribution >= 0.6 is 27.3 Å². The minimum absolute atomic E-state index is 0.00572. The minimum Gasteiger partial charge on any atom is -0.484 e. The summed E-state index contributed by atoms with van der Waals surface area (Å²) in [7, 11) is 0. The molecule has 5 nitrogen and oxygen atoms in total. The Morgan fingerprint density at radius 1 is 1.23 bits per heavy atom. The van der Waals surface area contributed by atoms with Crippen LogP contribution < -0.4 is 4.74 Å². The number of alkyl halides is 3. The smallest absolute Gasteiger partial charge is 0.416 e. The van der Waals surface area contributed by atoms with Crippen molar-refractivity contribution in [2.24, 2.45) is 0 Å². The summed E-state index contributed by atoms with van der Waals surface area (Å²) >= 11 is 4.35. The summed E-state index contributed by atoms with van der Waals surface area (Å²) in [6, 6.07) is 12.1. The Morgan fingerprint density at radius 3 is 2.68 bits per heavy atom. The van der Waals surface area contributed by atoms with Crippen LogP contribution in [-0.4, -0.2) is 20.6 Å². The molecule has 0 bridgehead atoms.